The van der Waals surface area contributed by atoms with Crippen LogP contribution in [0.3, 0.4) is 0 Å². The smallest absolute Gasteiger partial charge is 0.224 e. The van der Waals surface area contributed by atoms with E-state index in [2.05, 4.69) is 0 Å². The average Bonchev–Trinajstić information content (AvgIpc) is 2.58. The van der Waals surface area contributed by atoms with Crippen molar-refractivity contribution in [2.45, 2.75) is 55.5 Å². The zero-order valence-corrected chi connectivity index (χ0v) is 14.6. The van der Waals surface area contributed by atoms with Gasteiger partial charge in [0.2, 0.25) is 10.0 Å². The van der Waals surface area contributed by atoms with Crippen LogP contribution in [-0.2, 0) is 14.8 Å². The van der Waals surface area contributed by atoms with Gasteiger partial charge in [0.15, 0.2) is 0 Å². The van der Waals surface area contributed by atoms with Crippen molar-refractivity contribution in [2.75, 3.05) is 13.1 Å². The summed E-state index contributed by atoms with van der Waals surface area (Å²) in [5, 5.41) is 9.80. The third-order valence-corrected chi connectivity index (χ3v) is 8.06. The van der Waals surface area contributed by atoms with E-state index in [4.69, 9.17) is 0 Å². The lowest BCUT2D eigenvalue weighted by Crippen LogP contribution is -2.51. The first-order chi connectivity index (χ1) is 11.8. The monoisotopic (exact) mass is 377 g/mol. The maximum absolute atomic E-state index is 14.5. The van der Waals surface area contributed by atoms with E-state index in [1.54, 1.807) is 0 Å². The fourth-order valence-electron chi connectivity index (χ4n) is 3.89. The highest BCUT2D eigenvalue weighted by Gasteiger charge is 2.52. The Balaban J connectivity index is 2.07. The second kappa shape index (κ2) is 6.89. The molecule has 1 aliphatic carbocycles. The van der Waals surface area contributed by atoms with Crippen molar-refractivity contribution in [1.82, 2.24) is 4.31 Å². The minimum Gasteiger partial charge on any atom is -0.393 e. The zero-order valence-electron chi connectivity index (χ0n) is 13.8. The van der Waals surface area contributed by atoms with Gasteiger partial charge in [-0.1, -0.05) is 0 Å². The number of nitrogens with zero attached hydrogens (tertiary/aromatic N) is 1. The van der Waals surface area contributed by atoms with Gasteiger partial charge in [0.05, 0.1) is 6.10 Å². The number of hydrogen-bond donors (Lipinski definition) is 1. The lowest BCUT2D eigenvalue weighted by Gasteiger charge is -2.43. The number of alkyl halides is 1. The third-order valence-electron chi connectivity index (χ3n) is 5.40. The van der Waals surface area contributed by atoms with Gasteiger partial charge >= 0.3 is 0 Å². The summed E-state index contributed by atoms with van der Waals surface area (Å²) in [5.41, 5.74) is -0.193. The van der Waals surface area contributed by atoms with Crippen LogP contribution in [0.15, 0.2) is 18.2 Å². The Morgan fingerprint density at radius 2 is 1.68 bits per heavy atom. The molecule has 2 aliphatic rings. The number of aliphatic hydroxyl groups is 1. The number of rotatable bonds is 3. The van der Waals surface area contributed by atoms with E-state index in [1.807, 2.05) is 0 Å². The molecule has 1 aliphatic heterocycles. The highest BCUT2D eigenvalue weighted by Crippen LogP contribution is 2.47. The molecule has 0 aromatic heterocycles. The Kier molecular flexibility index (Phi) is 5.14. The summed E-state index contributed by atoms with van der Waals surface area (Å²) < 4.78 is 68.0. The van der Waals surface area contributed by atoms with Gasteiger partial charge in [0.25, 0.3) is 0 Å². The van der Waals surface area contributed by atoms with Gasteiger partial charge in [0, 0.05) is 18.7 Å². The summed E-state index contributed by atoms with van der Waals surface area (Å²) in [5.74, 6) is -1.48. The Labute approximate surface area is 145 Å². The van der Waals surface area contributed by atoms with Crippen molar-refractivity contribution in [1.29, 1.82) is 0 Å². The van der Waals surface area contributed by atoms with Crippen molar-refractivity contribution in [3.8, 4) is 0 Å². The van der Waals surface area contributed by atoms with Gasteiger partial charge in [0.1, 0.15) is 22.6 Å². The first kappa shape index (κ1) is 18.7. The molecular weight excluding hydrogens is 355 g/mol. The molecule has 140 valence electrons. The topological polar surface area (TPSA) is 57.6 Å². The zero-order chi connectivity index (χ0) is 18.2. The van der Waals surface area contributed by atoms with Crippen molar-refractivity contribution < 1.29 is 26.7 Å². The molecule has 0 bridgehead atoms. The van der Waals surface area contributed by atoms with Gasteiger partial charge in [-0.15, -0.1) is 0 Å². The SMILES string of the molecule is O=S(=O)(N1CCC(F)CC1)[C@]1(c2cc(F)ccc2F)CC[C@@H](O)CC1. The second-order valence-electron chi connectivity index (χ2n) is 6.93. The standard InChI is InChI=1S/C17H22F3NO3S/c18-12-5-9-21(10-6-12)25(23,24)17(7-3-14(22)4-8-17)15-11-13(19)1-2-16(15)20/h1-2,11-12,14,22H,3-10H2/t14-,17-. The second-order valence-corrected chi connectivity index (χ2v) is 9.18. The molecule has 1 heterocycles. The van der Waals surface area contributed by atoms with Crippen molar-refractivity contribution in [3.05, 3.63) is 35.4 Å². The van der Waals surface area contributed by atoms with Crippen LogP contribution in [0, 0.1) is 11.6 Å². The molecule has 1 aromatic rings. The van der Waals surface area contributed by atoms with Crippen LogP contribution in [0.2, 0.25) is 0 Å². The predicted octanol–water partition coefficient (Wildman–Crippen LogP) is 2.86. The molecule has 3 rings (SSSR count). The maximum Gasteiger partial charge on any atom is 0.224 e. The first-order valence-electron chi connectivity index (χ1n) is 8.54. The third kappa shape index (κ3) is 3.31. The molecule has 1 N–H and O–H groups in total. The summed E-state index contributed by atoms with van der Waals surface area (Å²) in [6.07, 6.45) is -1.10. The Morgan fingerprint density at radius 1 is 1.08 bits per heavy atom. The van der Waals surface area contributed by atoms with Crippen LogP contribution in [0.5, 0.6) is 0 Å². The Morgan fingerprint density at radius 3 is 2.28 bits per heavy atom. The molecule has 0 spiro atoms. The van der Waals surface area contributed by atoms with Crippen LogP contribution in [0.1, 0.15) is 44.1 Å². The van der Waals surface area contributed by atoms with E-state index in [-0.39, 0.29) is 57.2 Å². The molecule has 1 saturated heterocycles. The summed E-state index contributed by atoms with van der Waals surface area (Å²) in [7, 11) is -4.04. The summed E-state index contributed by atoms with van der Waals surface area (Å²) in [6.45, 7) is 0.0650. The summed E-state index contributed by atoms with van der Waals surface area (Å²) >= 11 is 0. The van der Waals surface area contributed by atoms with E-state index >= 15 is 0 Å². The number of benzene rings is 1. The molecule has 8 heteroatoms. The average molecular weight is 377 g/mol. The minimum atomic E-state index is -4.04. The van der Waals surface area contributed by atoms with Crippen molar-refractivity contribution in [2.24, 2.45) is 0 Å². The van der Waals surface area contributed by atoms with Crippen molar-refractivity contribution in [3.63, 3.8) is 0 Å². The van der Waals surface area contributed by atoms with E-state index in [0.717, 1.165) is 18.2 Å². The molecule has 4 nitrogen and oxygen atoms in total. The molecule has 0 amide bonds. The number of aliphatic hydroxyl groups excluding tert-OH is 1. The number of piperidine rings is 1. The molecule has 0 unspecified atom stereocenters. The van der Waals surface area contributed by atoms with Crippen LogP contribution in [-0.4, -0.2) is 43.2 Å². The molecule has 0 atom stereocenters. The van der Waals surface area contributed by atoms with E-state index in [0.29, 0.717) is 0 Å². The van der Waals surface area contributed by atoms with Gasteiger partial charge in [-0.05, 0) is 56.7 Å². The highest BCUT2D eigenvalue weighted by atomic mass is 32.2. The molecule has 1 aromatic carbocycles. The number of hydrogen-bond acceptors (Lipinski definition) is 3. The fraction of sp³-hybridized carbons (Fsp3) is 0.647. The molecule has 25 heavy (non-hydrogen) atoms. The maximum atomic E-state index is 14.5. The van der Waals surface area contributed by atoms with Crippen LogP contribution in [0.4, 0.5) is 13.2 Å². The van der Waals surface area contributed by atoms with E-state index in [9.17, 15) is 26.7 Å². The summed E-state index contributed by atoms with van der Waals surface area (Å²) in [4.78, 5) is 0. The fourth-order valence-corrected chi connectivity index (χ4v) is 6.27. The van der Waals surface area contributed by atoms with E-state index in [1.165, 1.54) is 4.31 Å². The van der Waals surface area contributed by atoms with E-state index < -0.39 is 38.7 Å². The molecule has 1 saturated carbocycles. The highest BCUT2D eigenvalue weighted by molar-refractivity contribution is 7.90. The normalized spacial score (nSPS) is 29.7. The minimum absolute atomic E-state index is 0.00638. The van der Waals surface area contributed by atoms with Crippen LogP contribution in [0.25, 0.3) is 0 Å². The Hall–Kier alpha value is -1.12. The van der Waals surface area contributed by atoms with Gasteiger partial charge < -0.3 is 5.11 Å². The van der Waals surface area contributed by atoms with Crippen molar-refractivity contribution >= 4 is 10.0 Å². The summed E-state index contributed by atoms with van der Waals surface area (Å²) in [6, 6.07) is 2.82. The molecule has 0 radical (unpaired) electrons. The quantitative estimate of drug-likeness (QED) is 0.881. The number of sulfonamides is 1. The predicted molar refractivity (Wildman–Crippen MR) is 87.1 cm³/mol. The largest absolute Gasteiger partial charge is 0.393 e. The first-order valence-corrected chi connectivity index (χ1v) is 9.98. The van der Waals surface area contributed by atoms with Gasteiger partial charge in [-0.25, -0.2) is 25.9 Å². The molecular formula is C17H22F3NO3S. The van der Waals surface area contributed by atoms with Gasteiger partial charge in [-0.2, -0.15) is 0 Å². The number of halogens is 3. The molecule has 2 fully saturated rings. The lowest BCUT2D eigenvalue weighted by molar-refractivity contribution is 0.111. The lowest BCUT2D eigenvalue weighted by atomic mass is 9.81. The van der Waals surface area contributed by atoms with Gasteiger partial charge in [-0.3, -0.25) is 0 Å². The van der Waals surface area contributed by atoms with Crippen LogP contribution >= 0.6 is 0 Å². The Bertz CT molecular complexity index is 725. The van der Waals surface area contributed by atoms with Crippen LogP contribution < -0.4 is 0 Å².